The lowest BCUT2D eigenvalue weighted by molar-refractivity contribution is 0.696. The van der Waals surface area contributed by atoms with E-state index in [1.165, 1.54) is 11.3 Å². The van der Waals surface area contributed by atoms with E-state index in [0.717, 1.165) is 24.3 Å². The van der Waals surface area contributed by atoms with Gasteiger partial charge in [-0.15, -0.1) is 0 Å². The number of benzene rings is 1. The van der Waals surface area contributed by atoms with Gasteiger partial charge in [0, 0.05) is 24.6 Å². The highest BCUT2D eigenvalue weighted by Crippen LogP contribution is 2.18. The molecule has 2 heterocycles. The van der Waals surface area contributed by atoms with Gasteiger partial charge in [-0.1, -0.05) is 18.2 Å². The minimum absolute atomic E-state index is 0.995. The Morgan fingerprint density at radius 3 is 2.35 bits per heavy atom. The third-order valence-electron chi connectivity index (χ3n) is 3.73. The monoisotopic (exact) mass is 265 g/mol. The highest BCUT2D eigenvalue weighted by Gasteiger charge is 2.12. The molecule has 0 fully saturated rings. The van der Waals surface area contributed by atoms with Crippen LogP contribution in [0.5, 0.6) is 0 Å². The van der Waals surface area contributed by atoms with Crippen LogP contribution in [-0.4, -0.2) is 14.3 Å². The van der Waals surface area contributed by atoms with Crippen molar-refractivity contribution in [3.8, 4) is 5.69 Å². The molecule has 3 aromatic rings. The summed E-state index contributed by atoms with van der Waals surface area (Å²) in [6.45, 7) is 5.24. The van der Waals surface area contributed by atoms with Crippen LogP contribution in [0.15, 0.2) is 54.9 Å². The molecule has 0 aliphatic rings. The van der Waals surface area contributed by atoms with Gasteiger partial charge in [0.25, 0.3) is 0 Å². The molecule has 0 aliphatic carbocycles. The van der Waals surface area contributed by atoms with E-state index in [-0.39, 0.29) is 0 Å². The summed E-state index contributed by atoms with van der Waals surface area (Å²) < 4.78 is 4.25. The van der Waals surface area contributed by atoms with Crippen molar-refractivity contribution in [1.29, 1.82) is 0 Å². The van der Waals surface area contributed by atoms with E-state index in [2.05, 4.69) is 60.2 Å². The van der Waals surface area contributed by atoms with Crippen LogP contribution in [0.3, 0.4) is 0 Å². The molecule has 0 amide bonds. The van der Waals surface area contributed by atoms with Crippen molar-refractivity contribution in [2.75, 3.05) is 0 Å². The lowest BCUT2D eigenvalue weighted by Crippen LogP contribution is -2.02. The summed E-state index contributed by atoms with van der Waals surface area (Å²) in [4.78, 5) is 0. The number of nitrogens with zero attached hydrogens (tertiary/aromatic N) is 3. The highest BCUT2D eigenvalue weighted by molar-refractivity contribution is 5.36. The van der Waals surface area contributed by atoms with Crippen LogP contribution >= 0.6 is 0 Å². The van der Waals surface area contributed by atoms with Gasteiger partial charge in [-0.05, 0) is 50.1 Å². The van der Waals surface area contributed by atoms with Crippen LogP contribution in [0.2, 0.25) is 0 Å². The number of aryl methyl sites for hydroxylation is 2. The first kappa shape index (κ1) is 12.7. The van der Waals surface area contributed by atoms with Crippen LogP contribution in [0.4, 0.5) is 0 Å². The maximum atomic E-state index is 4.69. The third kappa shape index (κ3) is 2.39. The summed E-state index contributed by atoms with van der Waals surface area (Å²) in [5.74, 6) is 0. The van der Waals surface area contributed by atoms with Crippen molar-refractivity contribution in [2.24, 2.45) is 0 Å². The summed E-state index contributed by atoms with van der Waals surface area (Å²) >= 11 is 0. The predicted molar refractivity (Wildman–Crippen MR) is 81.2 cm³/mol. The number of hydrogen-bond donors (Lipinski definition) is 0. The second kappa shape index (κ2) is 5.37. The molecular formula is C17H19N3. The molecule has 2 aromatic heterocycles. The van der Waals surface area contributed by atoms with Gasteiger partial charge in [-0.25, -0.2) is 4.68 Å². The van der Waals surface area contributed by atoms with Gasteiger partial charge in [0.1, 0.15) is 0 Å². The molecule has 20 heavy (non-hydrogen) atoms. The highest BCUT2D eigenvalue weighted by atomic mass is 15.3. The fraction of sp³-hybridized carbons (Fsp3) is 0.235. The third-order valence-corrected chi connectivity index (χ3v) is 3.73. The minimum Gasteiger partial charge on any atom is -0.354 e. The molecule has 0 radical (unpaired) electrons. The molecule has 0 saturated carbocycles. The zero-order chi connectivity index (χ0) is 13.9. The van der Waals surface area contributed by atoms with E-state index in [9.17, 15) is 0 Å². The van der Waals surface area contributed by atoms with Gasteiger partial charge >= 0.3 is 0 Å². The Kier molecular flexibility index (Phi) is 3.42. The number of para-hydroxylation sites is 1. The topological polar surface area (TPSA) is 22.8 Å². The van der Waals surface area contributed by atoms with Crippen molar-refractivity contribution in [1.82, 2.24) is 14.3 Å². The van der Waals surface area contributed by atoms with Crippen LogP contribution in [-0.2, 0) is 13.0 Å². The first-order valence-corrected chi connectivity index (χ1v) is 6.97. The van der Waals surface area contributed by atoms with Crippen LogP contribution in [0.25, 0.3) is 5.69 Å². The molecule has 1 aromatic carbocycles. The van der Waals surface area contributed by atoms with Crippen molar-refractivity contribution >= 4 is 0 Å². The number of rotatable bonds is 4. The quantitative estimate of drug-likeness (QED) is 0.707. The lowest BCUT2D eigenvalue weighted by atomic mass is 10.1. The molecule has 0 atom stereocenters. The minimum atomic E-state index is 0.995. The fourth-order valence-electron chi connectivity index (χ4n) is 2.62. The Morgan fingerprint density at radius 2 is 1.65 bits per heavy atom. The van der Waals surface area contributed by atoms with Crippen molar-refractivity contribution < 1.29 is 0 Å². The largest absolute Gasteiger partial charge is 0.354 e. The molecule has 0 bridgehead atoms. The van der Waals surface area contributed by atoms with Gasteiger partial charge in [0.2, 0.25) is 0 Å². The summed E-state index contributed by atoms with van der Waals surface area (Å²) in [5.41, 5.74) is 4.84. The smallest absolute Gasteiger partial charge is 0.0648 e. The first-order valence-electron chi connectivity index (χ1n) is 6.97. The maximum absolute atomic E-state index is 4.69. The molecule has 102 valence electrons. The van der Waals surface area contributed by atoms with Gasteiger partial charge in [-0.3, -0.25) is 0 Å². The summed E-state index contributed by atoms with van der Waals surface area (Å²) in [6, 6.07) is 14.4. The van der Waals surface area contributed by atoms with Gasteiger partial charge in [0.15, 0.2) is 0 Å². The van der Waals surface area contributed by atoms with Gasteiger partial charge in [-0.2, -0.15) is 5.10 Å². The van der Waals surface area contributed by atoms with Crippen molar-refractivity contribution in [3.63, 3.8) is 0 Å². The molecule has 0 saturated heterocycles. The zero-order valence-corrected chi connectivity index (χ0v) is 12.0. The van der Waals surface area contributed by atoms with Gasteiger partial charge in [0.05, 0.1) is 11.4 Å². The molecule has 0 unspecified atom stereocenters. The van der Waals surface area contributed by atoms with E-state index in [1.54, 1.807) is 0 Å². The second-order valence-electron chi connectivity index (χ2n) is 5.07. The summed E-state index contributed by atoms with van der Waals surface area (Å²) in [6.07, 6.45) is 5.22. The van der Waals surface area contributed by atoms with Gasteiger partial charge < -0.3 is 4.57 Å². The first-order chi connectivity index (χ1) is 9.75. The summed E-state index contributed by atoms with van der Waals surface area (Å²) in [5, 5.41) is 4.69. The predicted octanol–water partition coefficient (Wildman–Crippen LogP) is 3.53. The van der Waals surface area contributed by atoms with E-state index in [4.69, 9.17) is 0 Å². The average Bonchev–Trinajstić information content (AvgIpc) is 3.07. The Hall–Kier alpha value is -2.29. The molecule has 0 aliphatic heterocycles. The standard InChI is InChI=1S/C17H19N3/c1-14-17(10-13-19-11-6-7-12-19)15(2)20(18-14)16-8-4-3-5-9-16/h3-9,11-12H,10,13H2,1-2H3. The average molecular weight is 265 g/mol. The normalized spacial score (nSPS) is 10.9. The van der Waals surface area contributed by atoms with Crippen LogP contribution in [0, 0.1) is 13.8 Å². The molecule has 3 heteroatoms. The lowest BCUT2D eigenvalue weighted by Gasteiger charge is -2.06. The van der Waals surface area contributed by atoms with E-state index < -0.39 is 0 Å². The molecule has 0 N–H and O–H groups in total. The van der Waals surface area contributed by atoms with Crippen molar-refractivity contribution in [2.45, 2.75) is 26.8 Å². The van der Waals surface area contributed by atoms with E-state index in [0.29, 0.717) is 0 Å². The van der Waals surface area contributed by atoms with Crippen LogP contribution < -0.4 is 0 Å². The van der Waals surface area contributed by atoms with E-state index in [1.807, 2.05) is 22.9 Å². The van der Waals surface area contributed by atoms with E-state index >= 15 is 0 Å². The molecule has 0 spiro atoms. The second-order valence-corrected chi connectivity index (χ2v) is 5.07. The molecule has 3 nitrogen and oxygen atoms in total. The maximum Gasteiger partial charge on any atom is 0.0648 e. The Balaban J connectivity index is 1.87. The fourth-order valence-corrected chi connectivity index (χ4v) is 2.62. The zero-order valence-electron chi connectivity index (χ0n) is 12.0. The van der Waals surface area contributed by atoms with Crippen LogP contribution in [0.1, 0.15) is 17.0 Å². The SMILES string of the molecule is Cc1nn(-c2ccccc2)c(C)c1CCn1cccc1. The number of hydrogen-bond acceptors (Lipinski definition) is 1. The Bertz CT molecular complexity index is 679. The molecular weight excluding hydrogens is 246 g/mol. The number of aromatic nitrogens is 3. The Morgan fingerprint density at radius 1 is 0.950 bits per heavy atom. The van der Waals surface area contributed by atoms with Crippen molar-refractivity contribution in [3.05, 3.63) is 71.8 Å². The summed E-state index contributed by atoms with van der Waals surface area (Å²) in [7, 11) is 0. The Labute approximate surface area is 119 Å². The molecule has 3 rings (SSSR count).